The van der Waals surface area contributed by atoms with Gasteiger partial charge in [0.2, 0.25) is 0 Å². The summed E-state index contributed by atoms with van der Waals surface area (Å²) in [4.78, 5) is 31.4. The quantitative estimate of drug-likeness (QED) is 0.240. The molecule has 4 aromatic carbocycles. The number of carbonyl (C=O) groups excluding carboxylic acids is 1. The molecule has 0 aliphatic rings. The maximum Gasteiger partial charge on any atom is 0.307 e. The van der Waals surface area contributed by atoms with E-state index < -0.39 is 5.97 Å². The van der Waals surface area contributed by atoms with Crippen LogP contribution in [0.2, 0.25) is 0 Å². The van der Waals surface area contributed by atoms with Gasteiger partial charge in [0, 0.05) is 47.6 Å². The van der Waals surface area contributed by atoms with Gasteiger partial charge < -0.3 is 10.0 Å². The topological polar surface area (TPSA) is 70.5 Å². The number of aryl methyl sites for hydroxylation is 1. The Hall–Kier alpha value is -4.77. The Morgan fingerprint density at radius 3 is 2.29 bits per heavy atom. The molecule has 5 heteroatoms. The zero-order chi connectivity index (χ0) is 26.6. The van der Waals surface area contributed by atoms with Crippen LogP contribution in [-0.2, 0) is 17.8 Å². The Balaban J connectivity index is 1.54. The van der Waals surface area contributed by atoms with Crippen LogP contribution in [0, 0.1) is 6.92 Å². The lowest BCUT2D eigenvalue weighted by molar-refractivity contribution is -0.136. The highest BCUT2D eigenvalue weighted by atomic mass is 16.4. The van der Waals surface area contributed by atoms with Gasteiger partial charge in [0.1, 0.15) is 0 Å². The first-order valence-electron chi connectivity index (χ1n) is 12.5. The number of anilines is 1. The van der Waals surface area contributed by atoms with Gasteiger partial charge in [-0.25, -0.2) is 0 Å². The van der Waals surface area contributed by atoms with Crippen molar-refractivity contribution in [2.45, 2.75) is 19.9 Å². The zero-order valence-corrected chi connectivity index (χ0v) is 21.4. The number of benzene rings is 4. The molecule has 5 nitrogen and oxygen atoms in total. The number of aliphatic carboxylic acids is 1. The minimum Gasteiger partial charge on any atom is -0.481 e. The third kappa shape index (κ3) is 5.18. The number of para-hydroxylation sites is 1. The van der Waals surface area contributed by atoms with E-state index in [1.165, 1.54) is 0 Å². The van der Waals surface area contributed by atoms with E-state index in [4.69, 9.17) is 5.11 Å². The highest BCUT2D eigenvalue weighted by Crippen LogP contribution is 2.35. The van der Waals surface area contributed by atoms with Crippen LogP contribution in [0.15, 0.2) is 103 Å². The molecule has 0 saturated heterocycles. The molecule has 0 bridgehead atoms. The number of fused-ring (bicyclic) bond motifs is 1. The number of carboxylic acids is 1. The van der Waals surface area contributed by atoms with Crippen LogP contribution < -0.4 is 4.90 Å². The molecule has 0 amide bonds. The highest BCUT2D eigenvalue weighted by Gasteiger charge is 2.19. The number of hydrogen-bond donors (Lipinski definition) is 1. The van der Waals surface area contributed by atoms with Crippen LogP contribution in [0.3, 0.4) is 0 Å². The average molecular weight is 501 g/mol. The molecule has 0 radical (unpaired) electrons. The molecule has 0 aliphatic heterocycles. The van der Waals surface area contributed by atoms with Gasteiger partial charge in [0.25, 0.3) is 0 Å². The molecule has 1 heterocycles. The molecule has 0 saturated carbocycles. The first-order valence-corrected chi connectivity index (χ1v) is 12.5. The van der Waals surface area contributed by atoms with Gasteiger partial charge in [0.05, 0.1) is 11.9 Å². The summed E-state index contributed by atoms with van der Waals surface area (Å²) >= 11 is 0. The summed E-state index contributed by atoms with van der Waals surface area (Å²) in [6.45, 7) is 2.69. The maximum atomic E-state index is 13.6. The van der Waals surface area contributed by atoms with Crippen LogP contribution in [0.1, 0.15) is 32.6 Å². The van der Waals surface area contributed by atoms with E-state index in [1.807, 2.05) is 98.9 Å². The van der Waals surface area contributed by atoms with Gasteiger partial charge >= 0.3 is 5.97 Å². The summed E-state index contributed by atoms with van der Waals surface area (Å²) in [5.41, 5.74) is 7.83. The van der Waals surface area contributed by atoms with E-state index in [-0.39, 0.29) is 12.2 Å². The smallest absolute Gasteiger partial charge is 0.307 e. The summed E-state index contributed by atoms with van der Waals surface area (Å²) in [6, 6.07) is 31.2. The summed E-state index contributed by atoms with van der Waals surface area (Å²) in [6.07, 6.45) is 1.72. The van der Waals surface area contributed by atoms with Crippen molar-refractivity contribution in [3.05, 3.63) is 131 Å². The molecule has 0 spiro atoms. The largest absolute Gasteiger partial charge is 0.481 e. The summed E-state index contributed by atoms with van der Waals surface area (Å²) in [7, 11) is 2.02. The molecule has 5 aromatic rings. The standard InChI is InChI=1S/C33H28N2O3/c1-22-8-6-13-28-31(29(20-34-32(22)28)33(38)25-9-4-3-5-10-25)26-11-7-12-27(19-26)35(2)21-24-16-14-23(15-17-24)18-30(36)37/h3-17,19-20H,18,21H2,1-2H3,(H,36,37). The predicted octanol–water partition coefficient (Wildman–Crippen LogP) is 6.70. The third-order valence-electron chi connectivity index (χ3n) is 6.75. The van der Waals surface area contributed by atoms with Crippen LogP contribution in [0.5, 0.6) is 0 Å². The van der Waals surface area contributed by atoms with Gasteiger partial charge in [-0.3, -0.25) is 14.6 Å². The predicted molar refractivity (Wildman–Crippen MR) is 152 cm³/mol. The molecule has 0 unspecified atom stereocenters. The first-order chi connectivity index (χ1) is 18.4. The summed E-state index contributed by atoms with van der Waals surface area (Å²) in [5.74, 6) is -0.896. The molecular weight excluding hydrogens is 472 g/mol. The van der Waals surface area contributed by atoms with Crippen molar-refractivity contribution < 1.29 is 14.7 Å². The minimum absolute atomic E-state index is 0.0154. The Labute approximate surface area is 222 Å². The molecule has 0 atom stereocenters. The molecule has 38 heavy (non-hydrogen) atoms. The van der Waals surface area contributed by atoms with Crippen LogP contribution in [0.25, 0.3) is 22.0 Å². The molecule has 0 aliphatic carbocycles. The number of pyridine rings is 1. The fourth-order valence-corrected chi connectivity index (χ4v) is 4.80. The average Bonchev–Trinajstić information content (AvgIpc) is 2.93. The monoisotopic (exact) mass is 500 g/mol. The molecule has 0 fully saturated rings. The number of ketones is 1. The van der Waals surface area contributed by atoms with Crippen LogP contribution >= 0.6 is 0 Å². The van der Waals surface area contributed by atoms with E-state index in [2.05, 4.69) is 22.0 Å². The molecule has 1 N–H and O–H groups in total. The van der Waals surface area contributed by atoms with E-state index in [1.54, 1.807) is 6.20 Å². The van der Waals surface area contributed by atoms with E-state index >= 15 is 0 Å². The Kier molecular flexibility index (Phi) is 7.00. The number of carboxylic acid groups (broad SMARTS) is 1. The van der Waals surface area contributed by atoms with Crippen molar-refractivity contribution in [3.8, 4) is 11.1 Å². The maximum absolute atomic E-state index is 13.6. The molecule has 1 aromatic heterocycles. The van der Waals surface area contributed by atoms with Crippen molar-refractivity contribution >= 4 is 28.3 Å². The lowest BCUT2D eigenvalue weighted by atomic mass is 9.91. The van der Waals surface area contributed by atoms with Gasteiger partial charge in [0.15, 0.2) is 5.78 Å². The number of aromatic nitrogens is 1. The van der Waals surface area contributed by atoms with Crippen molar-refractivity contribution in [3.63, 3.8) is 0 Å². The zero-order valence-electron chi connectivity index (χ0n) is 21.4. The van der Waals surface area contributed by atoms with Crippen molar-refractivity contribution in [1.29, 1.82) is 0 Å². The highest BCUT2D eigenvalue weighted by molar-refractivity contribution is 6.16. The summed E-state index contributed by atoms with van der Waals surface area (Å²) in [5, 5.41) is 9.96. The van der Waals surface area contributed by atoms with Gasteiger partial charge in [-0.15, -0.1) is 0 Å². The molecular formula is C33H28N2O3. The first kappa shape index (κ1) is 24.9. The van der Waals surface area contributed by atoms with Crippen molar-refractivity contribution in [2.24, 2.45) is 0 Å². The third-order valence-corrected chi connectivity index (χ3v) is 6.75. The normalized spacial score (nSPS) is 10.9. The molecule has 188 valence electrons. The fourth-order valence-electron chi connectivity index (χ4n) is 4.80. The Morgan fingerprint density at radius 1 is 0.842 bits per heavy atom. The second kappa shape index (κ2) is 10.7. The number of rotatable bonds is 8. The van der Waals surface area contributed by atoms with E-state index in [0.717, 1.165) is 44.4 Å². The van der Waals surface area contributed by atoms with Crippen molar-refractivity contribution in [1.82, 2.24) is 4.98 Å². The van der Waals surface area contributed by atoms with E-state index in [9.17, 15) is 9.59 Å². The van der Waals surface area contributed by atoms with Crippen LogP contribution in [-0.4, -0.2) is 28.9 Å². The van der Waals surface area contributed by atoms with Gasteiger partial charge in [-0.05, 0) is 41.3 Å². The Bertz CT molecular complexity index is 1630. The van der Waals surface area contributed by atoms with E-state index in [0.29, 0.717) is 17.7 Å². The van der Waals surface area contributed by atoms with Crippen LogP contribution in [0.4, 0.5) is 5.69 Å². The SMILES string of the molecule is Cc1cccc2c(-c3cccc(N(C)Cc4ccc(CC(=O)O)cc4)c3)c(C(=O)c3ccccc3)cnc12. The fraction of sp³-hybridized carbons (Fsp3) is 0.121. The van der Waals surface area contributed by atoms with Gasteiger partial charge in [-0.1, -0.05) is 84.9 Å². The lowest BCUT2D eigenvalue weighted by Crippen LogP contribution is -2.16. The summed E-state index contributed by atoms with van der Waals surface area (Å²) < 4.78 is 0. The van der Waals surface area contributed by atoms with Gasteiger partial charge in [-0.2, -0.15) is 0 Å². The minimum atomic E-state index is -0.837. The number of hydrogen-bond acceptors (Lipinski definition) is 4. The number of nitrogens with zero attached hydrogens (tertiary/aromatic N) is 2. The second-order valence-corrected chi connectivity index (χ2v) is 9.51. The second-order valence-electron chi connectivity index (χ2n) is 9.51. The lowest BCUT2D eigenvalue weighted by Gasteiger charge is -2.21. The Morgan fingerprint density at radius 2 is 1.55 bits per heavy atom. The number of carbonyl (C=O) groups is 2. The molecule has 5 rings (SSSR count). The van der Waals surface area contributed by atoms with Crippen molar-refractivity contribution in [2.75, 3.05) is 11.9 Å².